The highest BCUT2D eigenvalue weighted by Gasteiger charge is 2.18. The first kappa shape index (κ1) is 15.6. The summed E-state index contributed by atoms with van der Waals surface area (Å²) in [6, 6.07) is 11.9. The molecule has 0 fully saturated rings. The van der Waals surface area contributed by atoms with Gasteiger partial charge in [-0.05, 0) is 25.1 Å². The van der Waals surface area contributed by atoms with Gasteiger partial charge in [-0.3, -0.25) is 9.59 Å². The van der Waals surface area contributed by atoms with Crippen molar-refractivity contribution in [3.63, 3.8) is 0 Å². The number of carbonyl (C=O) groups is 2. The third-order valence-corrected chi connectivity index (χ3v) is 3.19. The van der Waals surface area contributed by atoms with E-state index in [1.54, 1.807) is 36.4 Å². The minimum atomic E-state index is -0.313. The number of nitrogens with one attached hydrogen (secondary N) is 1. The summed E-state index contributed by atoms with van der Waals surface area (Å²) < 4.78 is 10.4. The second-order valence-electron chi connectivity index (χ2n) is 4.63. The Morgan fingerprint density at radius 3 is 2.23 bits per heavy atom. The highest BCUT2D eigenvalue weighted by Crippen LogP contribution is 2.34. The van der Waals surface area contributed by atoms with Crippen LogP contribution >= 0.6 is 0 Å². The molecular formula is C17H17NO4. The molecule has 2 aromatic rings. The molecule has 2 rings (SSSR count). The van der Waals surface area contributed by atoms with Crippen LogP contribution in [0.4, 0.5) is 5.69 Å². The van der Waals surface area contributed by atoms with Gasteiger partial charge in [0.2, 0.25) is 0 Å². The van der Waals surface area contributed by atoms with Crippen LogP contribution in [0.1, 0.15) is 27.6 Å². The molecule has 0 aliphatic heterocycles. The van der Waals surface area contributed by atoms with Crippen molar-refractivity contribution in [3.05, 3.63) is 53.6 Å². The maximum Gasteiger partial charge on any atom is 0.255 e. The zero-order valence-corrected chi connectivity index (χ0v) is 12.7. The van der Waals surface area contributed by atoms with Crippen molar-refractivity contribution in [1.29, 1.82) is 0 Å². The Hall–Kier alpha value is -2.82. The number of ketones is 1. The van der Waals surface area contributed by atoms with E-state index in [2.05, 4.69) is 5.32 Å². The van der Waals surface area contributed by atoms with Gasteiger partial charge in [-0.15, -0.1) is 0 Å². The van der Waals surface area contributed by atoms with Gasteiger partial charge in [0.1, 0.15) is 11.5 Å². The summed E-state index contributed by atoms with van der Waals surface area (Å²) in [7, 11) is 2.97. The van der Waals surface area contributed by atoms with Crippen LogP contribution in [-0.4, -0.2) is 25.9 Å². The second-order valence-corrected chi connectivity index (χ2v) is 4.63. The number of methoxy groups -OCH3 is 2. The molecule has 0 unspecified atom stereocenters. The number of Topliss-reactive ketones (excluding diaryl/α,β-unsaturated/α-hetero) is 1. The molecule has 2 aromatic carbocycles. The number of anilines is 1. The average molecular weight is 299 g/mol. The molecule has 114 valence electrons. The maximum absolute atomic E-state index is 12.3. The van der Waals surface area contributed by atoms with Crippen LogP contribution in [0, 0.1) is 0 Å². The summed E-state index contributed by atoms with van der Waals surface area (Å²) in [5.74, 6) is 0.348. The fourth-order valence-corrected chi connectivity index (χ4v) is 2.05. The molecule has 0 radical (unpaired) electrons. The molecule has 5 nitrogen and oxygen atoms in total. The van der Waals surface area contributed by atoms with Crippen molar-refractivity contribution >= 4 is 17.4 Å². The van der Waals surface area contributed by atoms with Crippen LogP contribution in [0.5, 0.6) is 11.5 Å². The summed E-state index contributed by atoms with van der Waals surface area (Å²) in [5, 5.41) is 2.74. The number of ether oxygens (including phenoxy) is 2. The normalized spacial score (nSPS) is 9.95. The minimum absolute atomic E-state index is 0.194. The third kappa shape index (κ3) is 3.25. The number of amides is 1. The number of hydrogen-bond donors (Lipinski definition) is 1. The molecule has 0 saturated heterocycles. The number of carbonyl (C=O) groups excluding carboxylic acids is 2. The molecule has 0 bridgehead atoms. The van der Waals surface area contributed by atoms with Crippen molar-refractivity contribution in [2.75, 3.05) is 19.5 Å². The summed E-state index contributed by atoms with van der Waals surface area (Å²) in [6.07, 6.45) is 0. The van der Waals surface area contributed by atoms with Gasteiger partial charge in [0, 0.05) is 17.2 Å². The zero-order valence-electron chi connectivity index (χ0n) is 12.7. The lowest BCUT2D eigenvalue weighted by Gasteiger charge is -2.15. The molecule has 0 aliphatic rings. The molecule has 1 amide bonds. The van der Waals surface area contributed by atoms with Gasteiger partial charge in [-0.25, -0.2) is 0 Å². The first-order valence-corrected chi connectivity index (χ1v) is 6.70. The van der Waals surface area contributed by atoms with Gasteiger partial charge in [0.25, 0.3) is 5.91 Å². The van der Waals surface area contributed by atoms with E-state index in [-0.39, 0.29) is 11.7 Å². The highest BCUT2D eigenvalue weighted by atomic mass is 16.5. The monoisotopic (exact) mass is 299 g/mol. The van der Waals surface area contributed by atoms with E-state index >= 15 is 0 Å². The van der Waals surface area contributed by atoms with Crippen molar-refractivity contribution in [2.24, 2.45) is 0 Å². The highest BCUT2D eigenvalue weighted by molar-refractivity contribution is 6.10. The average Bonchev–Trinajstić information content (AvgIpc) is 2.55. The van der Waals surface area contributed by atoms with Crippen LogP contribution in [-0.2, 0) is 0 Å². The van der Waals surface area contributed by atoms with Gasteiger partial charge in [0.05, 0.1) is 19.9 Å². The van der Waals surface area contributed by atoms with Crippen molar-refractivity contribution in [2.45, 2.75) is 6.92 Å². The zero-order chi connectivity index (χ0) is 16.1. The molecular weight excluding hydrogens is 282 g/mol. The topological polar surface area (TPSA) is 64.6 Å². The molecule has 0 saturated carbocycles. The Bertz CT molecular complexity index is 695. The lowest BCUT2D eigenvalue weighted by molar-refractivity contribution is 0.101. The number of rotatable bonds is 5. The number of hydrogen-bond acceptors (Lipinski definition) is 4. The van der Waals surface area contributed by atoms with Gasteiger partial charge >= 0.3 is 0 Å². The lowest BCUT2D eigenvalue weighted by Crippen LogP contribution is -2.15. The molecule has 0 atom stereocenters. The van der Waals surface area contributed by atoms with Gasteiger partial charge in [-0.1, -0.05) is 18.2 Å². The van der Waals surface area contributed by atoms with Crippen LogP contribution in [0.3, 0.4) is 0 Å². The van der Waals surface area contributed by atoms with E-state index < -0.39 is 0 Å². The van der Waals surface area contributed by atoms with Crippen molar-refractivity contribution in [3.8, 4) is 11.5 Å². The van der Waals surface area contributed by atoms with E-state index in [9.17, 15) is 9.59 Å². The summed E-state index contributed by atoms with van der Waals surface area (Å²) in [4.78, 5) is 24.2. The van der Waals surface area contributed by atoms with Crippen molar-refractivity contribution < 1.29 is 19.1 Å². The summed E-state index contributed by atoms with van der Waals surface area (Å²) in [6.45, 7) is 1.42. The van der Waals surface area contributed by atoms with Gasteiger partial charge in [-0.2, -0.15) is 0 Å². The first-order chi connectivity index (χ1) is 10.6. The number of benzene rings is 2. The molecule has 0 aromatic heterocycles. The SMILES string of the molecule is COc1cc(OC)c(NC(=O)c2ccccc2)c(C(C)=O)c1. The molecule has 1 N–H and O–H groups in total. The molecule has 22 heavy (non-hydrogen) atoms. The molecule has 0 aliphatic carbocycles. The van der Waals surface area contributed by atoms with E-state index in [1.807, 2.05) is 6.07 Å². The maximum atomic E-state index is 12.3. The van der Waals surface area contributed by atoms with Crippen LogP contribution in [0.25, 0.3) is 0 Å². The smallest absolute Gasteiger partial charge is 0.255 e. The molecule has 5 heteroatoms. The lowest BCUT2D eigenvalue weighted by atomic mass is 10.1. The van der Waals surface area contributed by atoms with Crippen LogP contribution < -0.4 is 14.8 Å². The van der Waals surface area contributed by atoms with E-state index in [1.165, 1.54) is 21.1 Å². The fourth-order valence-electron chi connectivity index (χ4n) is 2.05. The second kappa shape index (κ2) is 6.76. The molecule has 0 spiro atoms. The standard InChI is InChI=1S/C17H17NO4/c1-11(19)14-9-13(21-2)10-15(22-3)16(14)18-17(20)12-7-5-4-6-8-12/h4-10H,1-3H3,(H,18,20). The first-order valence-electron chi connectivity index (χ1n) is 6.70. The van der Waals surface area contributed by atoms with E-state index in [4.69, 9.17) is 9.47 Å². The largest absolute Gasteiger partial charge is 0.497 e. The van der Waals surface area contributed by atoms with E-state index in [0.717, 1.165) is 0 Å². The Balaban J connectivity index is 2.45. The van der Waals surface area contributed by atoms with E-state index in [0.29, 0.717) is 28.3 Å². The Morgan fingerprint density at radius 1 is 1.00 bits per heavy atom. The predicted molar refractivity (Wildman–Crippen MR) is 83.9 cm³/mol. The van der Waals surface area contributed by atoms with Gasteiger partial charge < -0.3 is 14.8 Å². The quantitative estimate of drug-likeness (QED) is 0.861. The molecule has 0 heterocycles. The Kier molecular flexibility index (Phi) is 4.78. The van der Waals surface area contributed by atoms with Crippen LogP contribution in [0.2, 0.25) is 0 Å². The predicted octanol–water partition coefficient (Wildman–Crippen LogP) is 3.16. The van der Waals surface area contributed by atoms with Gasteiger partial charge in [0.15, 0.2) is 5.78 Å². The minimum Gasteiger partial charge on any atom is -0.497 e. The van der Waals surface area contributed by atoms with Crippen molar-refractivity contribution in [1.82, 2.24) is 0 Å². The fraction of sp³-hybridized carbons (Fsp3) is 0.176. The summed E-state index contributed by atoms with van der Waals surface area (Å²) in [5.41, 5.74) is 1.17. The Morgan fingerprint density at radius 2 is 1.68 bits per heavy atom. The summed E-state index contributed by atoms with van der Waals surface area (Å²) >= 11 is 0. The van der Waals surface area contributed by atoms with Crippen LogP contribution in [0.15, 0.2) is 42.5 Å². The Labute approximate surface area is 128 Å². The third-order valence-electron chi connectivity index (χ3n) is 3.19.